The van der Waals surface area contributed by atoms with Crippen LogP contribution in [0, 0.1) is 0 Å². The molecule has 0 saturated carbocycles. The number of hydrogen-bond acceptors (Lipinski definition) is 4. The number of nitrogens with one attached hydrogen (secondary N) is 1. The summed E-state index contributed by atoms with van der Waals surface area (Å²) >= 11 is 0. The van der Waals surface area contributed by atoms with Gasteiger partial charge in [0.25, 0.3) is 0 Å². The summed E-state index contributed by atoms with van der Waals surface area (Å²) in [6, 6.07) is 13.8. The van der Waals surface area contributed by atoms with Gasteiger partial charge in [-0.15, -0.1) is 12.4 Å². The zero-order valence-electron chi connectivity index (χ0n) is 13.7. The first-order chi connectivity index (χ1) is 10.9. The molecule has 0 aromatic heterocycles. The minimum absolute atomic E-state index is 0. The van der Waals surface area contributed by atoms with E-state index >= 15 is 0 Å². The number of sulfonamides is 1. The molecule has 2 aromatic carbocycles. The highest BCUT2D eigenvalue weighted by Gasteiger charge is 2.13. The van der Waals surface area contributed by atoms with Gasteiger partial charge in [-0.05, 0) is 62.2 Å². The Labute approximate surface area is 149 Å². The second-order valence-corrected chi connectivity index (χ2v) is 7.29. The van der Waals surface area contributed by atoms with Crippen molar-refractivity contribution in [3.8, 4) is 5.75 Å². The summed E-state index contributed by atoms with van der Waals surface area (Å²) < 4.78 is 32.6. The molecule has 0 unspecified atom stereocenters. The van der Waals surface area contributed by atoms with Gasteiger partial charge in [0.15, 0.2) is 0 Å². The Kier molecular flexibility index (Phi) is 7.54. The van der Waals surface area contributed by atoms with Crippen molar-refractivity contribution in [1.82, 2.24) is 4.72 Å². The van der Waals surface area contributed by atoms with Crippen LogP contribution >= 0.6 is 12.4 Å². The van der Waals surface area contributed by atoms with Crippen LogP contribution in [-0.2, 0) is 16.4 Å². The first-order valence-corrected chi connectivity index (χ1v) is 8.96. The highest BCUT2D eigenvalue weighted by molar-refractivity contribution is 7.89. The average Bonchev–Trinajstić information content (AvgIpc) is 2.49. The van der Waals surface area contributed by atoms with Crippen LogP contribution in [0.2, 0.25) is 0 Å². The van der Waals surface area contributed by atoms with Crippen molar-refractivity contribution in [1.29, 1.82) is 0 Å². The smallest absolute Gasteiger partial charge is 0.240 e. The minimum atomic E-state index is -3.51. The van der Waals surface area contributed by atoms with Crippen LogP contribution in [0.25, 0.3) is 0 Å². The summed E-state index contributed by atoms with van der Waals surface area (Å²) in [6.07, 6.45) is 0.657. The molecule has 0 bridgehead atoms. The van der Waals surface area contributed by atoms with Crippen molar-refractivity contribution in [2.24, 2.45) is 0 Å². The predicted molar refractivity (Wildman–Crippen MR) is 99.2 cm³/mol. The van der Waals surface area contributed by atoms with Crippen LogP contribution in [0.5, 0.6) is 5.75 Å². The Morgan fingerprint density at radius 3 is 2.17 bits per heavy atom. The number of halogens is 1. The van der Waals surface area contributed by atoms with Crippen LogP contribution in [-0.4, -0.2) is 21.1 Å². The average molecular weight is 371 g/mol. The van der Waals surface area contributed by atoms with E-state index in [2.05, 4.69) is 4.72 Å². The fourth-order valence-corrected chi connectivity index (χ4v) is 3.10. The van der Waals surface area contributed by atoms with Crippen LogP contribution in [0.3, 0.4) is 0 Å². The molecule has 7 heteroatoms. The molecule has 0 aliphatic rings. The summed E-state index contributed by atoms with van der Waals surface area (Å²) in [6.45, 7) is 4.17. The van der Waals surface area contributed by atoms with Gasteiger partial charge in [0.2, 0.25) is 10.0 Å². The Balaban J connectivity index is 0.00000288. The number of rotatable bonds is 7. The van der Waals surface area contributed by atoms with E-state index < -0.39 is 10.0 Å². The van der Waals surface area contributed by atoms with E-state index in [1.807, 2.05) is 26.0 Å². The number of anilines is 1. The molecular weight excluding hydrogens is 348 g/mol. The molecule has 3 N–H and O–H groups in total. The van der Waals surface area contributed by atoms with Crippen molar-refractivity contribution >= 4 is 28.1 Å². The molecule has 0 amide bonds. The molecule has 5 nitrogen and oxygen atoms in total. The summed E-state index contributed by atoms with van der Waals surface area (Å²) in [7, 11) is -3.51. The Morgan fingerprint density at radius 1 is 1.04 bits per heavy atom. The van der Waals surface area contributed by atoms with Gasteiger partial charge in [-0.1, -0.05) is 12.1 Å². The third kappa shape index (κ3) is 6.03. The van der Waals surface area contributed by atoms with E-state index in [0.29, 0.717) is 24.4 Å². The Hall–Kier alpha value is -1.76. The van der Waals surface area contributed by atoms with Gasteiger partial charge in [0, 0.05) is 12.2 Å². The molecule has 0 spiro atoms. The third-order valence-corrected chi connectivity index (χ3v) is 4.67. The van der Waals surface area contributed by atoms with Gasteiger partial charge in [-0.3, -0.25) is 0 Å². The Morgan fingerprint density at radius 2 is 1.62 bits per heavy atom. The summed E-state index contributed by atoms with van der Waals surface area (Å²) in [4.78, 5) is 0.228. The molecule has 0 saturated heterocycles. The van der Waals surface area contributed by atoms with Gasteiger partial charge in [-0.2, -0.15) is 0 Å². The Bertz CT molecular complexity index is 729. The monoisotopic (exact) mass is 370 g/mol. The van der Waals surface area contributed by atoms with Gasteiger partial charge >= 0.3 is 0 Å². The molecule has 24 heavy (non-hydrogen) atoms. The van der Waals surface area contributed by atoms with E-state index in [0.717, 1.165) is 5.56 Å². The third-order valence-electron chi connectivity index (χ3n) is 3.19. The van der Waals surface area contributed by atoms with Gasteiger partial charge in [-0.25, -0.2) is 13.1 Å². The zero-order valence-corrected chi connectivity index (χ0v) is 15.4. The molecule has 0 radical (unpaired) electrons. The van der Waals surface area contributed by atoms with Crippen LogP contribution in [0.4, 0.5) is 5.69 Å². The number of hydrogen-bond donors (Lipinski definition) is 2. The lowest BCUT2D eigenvalue weighted by Crippen LogP contribution is -2.26. The van der Waals surface area contributed by atoms with Gasteiger partial charge in [0.1, 0.15) is 5.75 Å². The molecule has 0 heterocycles. The minimum Gasteiger partial charge on any atom is -0.491 e. The van der Waals surface area contributed by atoms with Crippen molar-refractivity contribution in [3.63, 3.8) is 0 Å². The molecule has 0 fully saturated rings. The highest BCUT2D eigenvalue weighted by Crippen LogP contribution is 2.17. The normalized spacial score (nSPS) is 11.1. The predicted octanol–water partition coefficient (Wildman–Crippen LogP) is 3.00. The largest absolute Gasteiger partial charge is 0.491 e. The van der Waals surface area contributed by atoms with Gasteiger partial charge < -0.3 is 10.5 Å². The number of ether oxygens (including phenoxy) is 1. The molecular formula is C17H23ClN2O3S. The second kappa shape index (κ2) is 8.92. The maximum absolute atomic E-state index is 12.2. The number of nitrogen functional groups attached to an aromatic ring is 1. The molecule has 2 rings (SSSR count). The van der Waals surface area contributed by atoms with E-state index in [-0.39, 0.29) is 23.4 Å². The maximum atomic E-state index is 12.2. The van der Waals surface area contributed by atoms with E-state index in [1.54, 1.807) is 36.4 Å². The van der Waals surface area contributed by atoms with Crippen LogP contribution in [0.15, 0.2) is 53.4 Å². The van der Waals surface area contributed by atoms with Crippen LogP contribution < -0.4 is 15.2 Å². The lowest BCUT2D eigenvalue weighted by molar-refractivity contribution is 0.242. The first kappa shape index (κ1) is 20.3. The topological polar surface area (TPSA) is 81.4 Å². The van der Waals surface area contributed by atoms with Crippen LogP contribution in [0.1, 0.15) is 19.4 Å². The fourth-order valence-electron chi connectivity index (χ4n) is 2.07. The molecule has 0 aliphatic carbocycles. The number of benzene rings is 2. The quantitative estimate of drug-likeness (QED) is 0.734. The van der Waals surface area contributed by atoms with E-state index in [9.17, 15) is 8.42 Å². The summed E-state index contributed by atoms with van der Waals surface area (Å²) in [5.74, 6) is 0.654. The zero-order chi connectivity index (χ0) is 16.9. The van der Waals surface area contributed by atoms with Crippen molar-refractivity contribution in [2.75, 3.05) is 12.3 Å². The maximum Gasteiger partial charge on any atom is 0.240 e. The van der Waals surface area contributed by atoms with Crippen molar-refractivity contribution in [3.05, 3.63) is 54.1 Å². The van der Waals surface area contributed by atoms with Gasteiger partial charge in [0.05, 0.1) is 11.0 Å². The van der Waals surface area contributed by atoms with E-state index in [4.69, 9.17) is 10.5 Å². The number of nitrogens with two attached hydrogens (primary N) is 1. The first-order valence-electron chi connectivity index (χ1n) is 7.47. The summed E-state index contributed by atoms with van der Waals surface area (Å²) in [5.41, 5.74) is 7.34. The standard InChI is InChI=1S/C17H22N2O3S.ClH/c1-13(2)22-16-7-9-17(10-8-16)23(20,21)19-12-11-14-3-5-15(18)6-4-14;/h3-10,13,19H,11-12,18H2,1-2H3;1H. The molecule has 132 valence electrons. The molecule has 2 aromatic rings. The fraction of sp³-hybridized carbons (Fsp3) is 0.294. The lowest BCUT2D eigenvalue weighted by Gasteiger charge is -2.11. The molecule has 0 atom stereocenters. The highest BCUT2D eigenvalue weighted by atomic mass is 35.5. The SMILES string of the molecule is CC(C)Oc1ccc(S(=O)(=O)NCCc2ccc(N)cc2)cc1.Cl. The second-order valence-electron chi connectivity index (χ2n) is 5.53. The van der Waals surface area contributed by atoms with Crippen molar-refractivity contribution in [2.45, 2.75) is 31.3 Å². The lowest BCUT2D eigenvalue weighted by atomic mass is 10.1. The summed E-state index contributed by atoms with van der Waals surface area (Å²) in [5, 5.41) is 0. The molecule has 0 aliphatic heterocycles. The van der Waals surface area contributed by atoms with Crippen molar-refractivity contribution < 1.29 is 13.2 Å². The van der Waals surface area contributed by atoms with E-state index in [1.165, 1.54) is 0 Å².